The highest BCUT2D eigenvalue weighted by Crippen LogP contribution is 2.54. The van der Waals surface area contributed by atoms with E-state index < -0.39 is 69.4 Å². The van der Waals surface area contributed by atoms with Gasteiger partial charge in [0.2, 0.25) is 23.6 Å². The first-order chi connectivity index (χ1) is 38.4. The fourth-order valence-corrected chi connectivity index (χ4v) is 9.78. The molecule has 18 heteroatoms. The SMILES string of the molecule is CC(C)(O)c1ccc(-c2ccc3c(n2)Oc2c(F)cccc2[C@@H]3C(C)(C)C(=O)NC(=O)NCCO)cc1.CC(C)(O)c1ccc(-c2ccc3c(n2)Oc2c(F)cccc2[C@@H]3C(C)(C)C(=O)NC(=O)NCCOCc2ccccc2)cc1. The third-order valence-corrected chi connectivity index (χ3v) is 14.3. The molecule has 0 saturated heterocycles. The van der Waals surface area contributed by atoms with Crippen molar-refractivity contribution < 1.29 is 57.5 Å². The second kappa shape index (κ2) is 24.1. The molecule has 2 aliphatic rings. The zero-order chi connectivity index (χ0) is 58.4. The van der Waals surface area contributed by atoms with Crippen molar-refractivity contribution in [2.24, 2.45) is 10.8 Å². The Morgan fingerprint density at radius 2 is 0.951 bits per heavy atom. The van der Waals surface area contributed by atoms with E-state index in [2.05, 4.69) is 26.3 Å². The molecule has 4 heterocycles. The summed E-state index contributed by atoms with van der Waals surface area (Å²) in [5, 5.41) is 39.2. The Morgan fingerprint density at radius 1 is 0.531 bits per heavy atom. The summed E-state index contributed by atoms with van der Waals surface area (Å²) in [6.07, 6.45) is 0. The summed E-state index contributed by atoms with van der Waals surface area (Å²) in [5.74, 6) is -3.32. The van der Waals surface area contributed by atoms with E-state index in [4.69, 9.17) is 24.3 Å². The molecule has 81 heavy (non-hydrogen) atoms. The number of aliphatic hydroxyl groups excluding tert-OH is 1. The predicted octanol–water partition coefficient (Wildman–Crippen LogP) is 10.6. The summed E-state index contributed by atoms with van der Waals surface area (Å²) in [6, 6.07) is 39.2. The van der Waals surface area contributed by atoms with Crippen molar-refractivity contribution in [1.29, 1.82) is 0 Å². The lowest BCUT2D eigenvalue weighted by Crippen LogP contribution is -2.48. The van der Waals surface area contributed by atoms with E-state index in [0.29, 0.717) is 40.2 Å². The highest BCUT2D eigenvalue weighted by Gasteiger charge is 2.47. The summed E-state index contributed by atoms with van der Waals surface area (Å²) < 4.78 is 47.5. The maximum Gasteiger partial charge on any atom is 0.321 e. The van der Waals surface area contributed by atoms with Crippen molar-refractivity contribution in [3.63, 3.8) is 0 Å². The molecule has 6 amide bonds. The third kappa shape index (κ3) is 13.3. The molecule has 0 aliphatic carbocycles. The van der Waals surface area contributed by atoms with Crippen molar-refractivity contribution >= 4 is 23.9 Å². The number of fused-ring (bicyclic) bond motifs is 4. The third-order valence-electron chi connectivity index (χ3n) is 14.3. The number of para-hydroxylation sites is 2. The van der Waals surface area contributed by atoms with Crippen LogP contribution in [0.2, 0.25) is 0 Å². The second-order valence-corrected chi connectivity index (χ2v) is 22.0. The fraction of sp³-hybridized carbons (Fsp3) is 0.302. The van der Waals surface area contributed by atoms with Gasteiger partial charge in [-0.05, 0) is 68.7 Å². The van der Waals surface area contributed by atoms with E-state index in [-0.39, 0.29) is 49.6 Å². The number of nitrogens with one attached hydrogen (secondary N) is 4. The van der Waals surface area contributed by atoms with Crippen LogP contribution >= 0.6 is 0 Å². The van der Waals surface area contributed by atoms with Crippen LogP contribution in [0.15, 0.2) is 140 Å². The number of hydrogen-bond acceptors (Lipinski definition) is 12. The van der Waals surface area contributed by atoms with Gasteiger partial charge in [0.05, 0.1) is 53.2 Å². The van der Waals surface area contributed by atoms with Crippen LogP contribution in [0.1, 0.15) is 106 Å². The van der Waals surface area contributed by atoms with E-state index in [1.54, 1.807) is 91.8 Å². The second-order valence-electron chi connectivity index (χ2n) is 22.0. The number of pyridine rings is 2. The first-order valence-electron chi connectivity index (χ1n) is 26.4. The molecule has 7 aromatic rings. The summed E-state index contributed by atoms with van der Waals surface area (Å²) in [7, 11) is 0. The average Bonchev–Trinajstić information content (AvgIpc) is 3.63. The molecule has 2 aromatic heterocycles. The molecule has 2 aliphatic heterocycles. The molecule has 2 atom stereocenters. The minimum absolute atomic E-state index is 0.00281. The Morgan fingerprint density at radius 3 is 1.36 bits per heavy atom. The van der Waals surface area contributed by atoms with Crippen LogP contribution in [0.5, 0.6) is 23.3 Å². The number of nitrogens with zero attached hydrogens (tertiary/aromatic N) is 2. The van der Waals surface area contributed by atoms with Crippen LogP contribution in [0.25, 0.3) is 22.5 Å². The Balaban J connectivity index is 0.000000216. The minimum Gasteiger partial charge on any atom is -0.435 e. The summed E-state index contributed by atoms with van der Waals surface area (Å²) in [6.45, 7) is 14.2. The number of hydrogen-bond donors (Lipinski definition) is 7. The smallest absolute Gasteiger partial charge is 0.321 e. The van der Waals surface area contributed by atoms with Gasteiger partial charge in [0.15, 0.2) is 23.1 Å². The Hall–Kier alpha value is -8.42. The molecule has 0 unspecified atom stereocenters. The van der Waals surface area contributed by atoms with Gasteiger partial charge in [-0.2, -0.15) is 0 Å². The maximum absolute atomic E-state index is 15.1. The van der Waals surface area contributed by atoms with Crippen molar-refractivity contribution in [2.75, 3.05) is 26.3 Å². The molecule has 7 N–H and O–H groups in total. The zero-order valence-corrected chi connectivity index (χ0v) is 46.3. The minimum atomic E-state index is -1.21. The zero-order valence-electron chi connectivity index (χ0n) is 46.3. The molecular weight excluding hydrogens is 1040 g/mol. The van der Waals surface area contributed by atoms with E-state index >= 15 is 4.39 Å². The van der Waals surface area contributed by atoms with Gasteiger partial charge in [-0.1, -0.05) is 143 Å². The Labute approximate surface area is 469 Å². The van der Waals surface area contributed by atoms with Gasteiger partial charge in [-0.15, -0.1) is 0 Å². The van der Waals surface area contributed by atoms with E-state index in [1.807, 2.05) is 91.0 Å². The van der Waals surface area contributed by atoms with Crippen LogP contribution < -0.4 is 30.7 Å². The monoisotopic (exact) mass is 1100 g/mol. The van der Waals surface area contributed by atoms with Gasteiger partial charge in [-0.25, -0.2) is 28.3 Å². The highest BCUT2D eigenvalue weighted by molar-refractivity contribution is 5.99. The highest BCUT2D eigenvalue weighted by atomic mass is 19.1. The number of amides is 6. The van der Waals surface area contributed by atoms with Gasteiger partial charge in [0.25, 0.3) is 0 Å². The maximum atomic E-state index is 15.1. The molecular formula is C63H66F2N6O10. The summed E-state index contributed by atoms with van der Waals surface area (Å²) in [4.78, 5) is 60.9. The van der Waals surface area contributed by atoms with Crippen LogP contribution in [0.4, 0.5) is 18.4 Å². The fourth-order valence-electron chi connectivity index (χ4n) is 9.78. The lowest BCUT2D eigenvalue weighted by Gasteiger charge is -2.37. The molecule has 422 valence electrons. The van der Waals surface area contributed by atoms with Crippen LogP contribution in [-0.2, 0) is 32.1 Å². The number of aromatic nitrogens is 2. The molecule has 0 bridgehead atoms. The first-order valence-corrected chi connectivity index (χ1v) is 26.4. The van der Waals surface area contributed by atoms with Crippen molar-refractivity contribution in [1.82, 2.24) is 31.2 Å². The molecule has 5 aromatic carbocycles. The number of ether oxygens (including phenoxy) is 3. The summed E-state index contributed by atoms with van der Waals surface area (Å²) in [5.41, 5.74) is 2.95. The number of halogens is 2. The molecule has 0 fully saturated rings. The van der Waals surface area contributed by atoms with E-state index in [1.165, 1.54) is 12.1 Å². The van der Waals surface area contributed by atoms with Crippen molar-refractivity contribution in [2.45, 2.75) is 85.0 Å². The number of benzene rings is 5. The Kier molecular flexibility index (Phi) is 17.5. The topological polar surface area (TPSA) is 231 Å². The molecule has 0 saturated carbocycles. The lowest BCUT2D eigenvalue weighted by atomic mass is 9.69. The average molecular weight is 1110 g/mol. The van der Waals surface area contributed by atoms with Gasteiger partial charge in [0, 0.05) is 58.3 Å². The van der Waals surface area contributed by atoms with E-state index in [0.717, 1.165) is 27.8 Å². The normalized spacial score (nSPS) is 14.4. The number of urea groups is 2. The number of imide groups is 2. The van der Waals surface area contributed by atoms with Crippen LogP contribution in [0.3, 0.4) is 0 Å². The van der Waals surface area contributed by atoms with Crippen LogP contribution in [-0.4, -0.2) is 75.5 Å². The van der Waals surface area contributed by atoms with Gasteiger partial charge in [-0.3, -0.25) is 20.2 Å². The van der Waals surface area contributed by atoms with Gasteiger partial charge >= 0.3 is 12.1 Å². The predicted molar refractivity (Wildman–Crippen MR) is 300 cm³/mol. The number of rotatable bonds is 15. The molecule has 9 rings (SSSR count). The Bertz CT molecular complexity index is 3430. The quantitative estimate of drug-likeness (QED) is 0.0476. The van der Waals surface area contributed by atoms with Gasteiger partial charge in [0.1, 0.15) is 0 Å². The molecule has 0 spiro atoms. The number of carbonyl (C=O) groups is 4. The molecule has 0 radical (unpaired) electrons. The molecule has 16 nitrogen and oxygen atoms in total. The number of carbonyl (C=O) groups excluding carboxylic acids is 4. The lowest BCUT2D eigenvalue weighted by molar-refractivity contribution is -0.129. The first kappa shape index (κ1) is 58.7. The van der Waals surface area contributed by atoms with Gasteiger partial charge < -0.3 is 40.2 Å². The largest absolute Gasteiger partial charge is 0.435 e. The standard InChI is InChI=1S/C35H36FN3O5.C28H30FN3O5/c1-34(2,32(40)39-33(41)37-19-20-43-21-22-9-6-5-7-10-22)29-25-11-8-12-27(36)30(25)44-31-26(29)17-18-28(38-31)23-13-15-24(16-14-23)35(3,4)42;1-27(2,25(34)32-26(35)30-14-15-33)22-18-6-5-7-20(29)23(18)37-24-19(22)12-13-21(31-24)16-8-10-17(11-9-16)28(3,4)36/h5-18,29,42H,19-21H2,1-4H3,(H2,37,39,40,41);5-13,22,33,36H,14-15H2,1-4H3,(H2,30,32,34,35)/t29-;22-/m00/s1. The summed E-state index contributed by atoms with van der Waals surface area (Å²) >= 11 is 0. The van der Waals surface area contributed by atoms with Crippen molar-refractivity contribution in [3.8, 4) is 45.8 Å². The van der Waals surface area contributed by atoms with Crippen molar-refractivity contribution in [3.05, 3.63) is 190 Å². The van der Waals surface area contributed by atoms with E-state index in [9.17, 15) is 33.8 Å². The van der Waals surface area contributed by atoms with Crippen LogP contribution in [0, 0.1) is 22.5 Å². The number of aliphatic hydroxyl groups is 3.